The lowest BCUT2D eigenvalue weighted by Gasteiger charge is -2.32. The van der Waals surface area contributed by atoms with Crippen LogP contribution in [0.1, 0.15) is 45.4 Å². The van der Waals surface area contributed by atoms with Gasteiger partial charge in [0, 0.05) is 31.6 Å². The Hall–Kier alpha value is -1.40. The second kappa shape index (κ2) is 8.14. The fraction of sp³-hybridized carbons (Fsp3) is 0.733. The van der Waals surface area contributed by atoms with Crippen molar-refractivity contribution >= 4 is 11.6 Å². The van der Waals surface area contributed by atoms with Gasteiger partial charge in [-0.1, -0.05) is 13.8 Å². The Kier molecular flexibility index (Phi) is 6.20. The number of nitrogens with two attached hydrogens (primary N) is 1. The van der Waals surface area contributed by atoms with Crippen LogP contribution < -0.4 is 16.6 Å². The lowest BCUT2D eigenvalue weighted by Crippen LogP contribution is -2.39. The van der Waals surface area contributed by atoms with Gasteiger partial charge < -0.3 is 15.6 Å². The van der Waals surface area contributed by atoms with Crippen molar-refractivity contribution in [1.82, 2.24) is 14.9 Å². The molecule has 0 aromatic carbocycles. The normalized spacial score (nSPS) is 16.9. The van der Waals surface area contributed by atoms with E-state index in [1.54, 1.807) is 0 Å². The number of anilines is 2. The van der Waals surface area contributed by atoms with Crippen LogP contribution >= 0.6 is 0 Å². The molecule has 2 heterocycles. The highest BCUT2D eigenvalue weighted by Crippen LogP contribution is 2.18. The lowest BCUT2D eigenvalue weighted by atomic mass is 10.0. The largest absolute Gasteiger partial charge is 0.367 e. The van der Waals surface area contributed by atoms with Crippen molar-refractivity contribution in [2.24, 2.45) is 5.84 Å². The molecule has 1 fully saturated rings. The van der Waals surface area contributed by atoms with Crippen molar-refractivity contribution < 1.29 is 0 Å². The fourth-order valence-corrected chi connectivity index (χ4v) is 2.81. The van der Waals surface area contributed by atoms with Crippen LogP contribution in [0, 0.1) is 0 Å². The molecule has 0 amide bonds. The second-order valence-corrected chi connectivity index (χ2v) is 5.71. The molecule has 2 rings (SSSR count). The highest BCUT2D eigenvalue weighted by atomic mass is 15.3. The van der Waals surface area contributed by atoms with E-state index >= 15 is 0 Å². The van der Waals surface area contributed by atoms with Crippen LogP contribution in [0.15, 0.2) is 6.07 Å². The zero-order valence-corrected chi connectivity index (χ0v) is 13.2. The average Bonchev–Trinajstić information content (AvgIpc) is 2.49. The van der Waals surface area contributed by atoms with Crippen molar-refractivity contribution in [3.05, 3.63) is 11.9 Å². The number of aryl methyl sites for hydroxylation is 1. The second-order valence-electron chi connectivity index (χ2n) is 5.71. The lowest BCUT2D eigenvalue weighted by molar-refractivity contribution is 0.219. The van der Waals surface area contributed by atoms with E-state index in [1.165, 1.54) is 38.9 Å². The standard InChI is InChI=1S/C15H28N6/c1-3-5-13-18-14(11-15(19-13)20-16)17-12-6-9-21(8-4-2)10-7-12/h11-12H,3-10,16H2,1-2H3,(H2,17,18,19,20). The van der Waals surface area contributed by atoms with Crippen LogP contribution in [0.3, 0.4) is 0 Å². The molecule has 1 aromatic heterocycles. The Morgan fingerprint density at radius 2 is 1.90 bits per heavy atom. The van der Waals surface area contributed by atoms with Crippen LogP contribution in [-0.2, 0) is 6.42 Å². The molecular formula is C15H28N6. The van der Waals surface area contributed by atoms with Gasteiger partial charge in [0.05, 0.1) is 0 Å². The van der Waals surface area contributed by atoms with E-state index < -0.39 is 0 Å². The van der Waals surface area contributed by atoms with Gasteiger partial charge in [0.25, 0.3) is 0 Å². The molecule has 0 atom stereocenters. The molecule has 0 saturated carbocycles. The van der Waals surface area contributed by atoms with Crippen molar-refractivity contribution in [3.8, 4) is 0 Å². The number of nitrogens with one attached hydrogen (secondary N) is 2. The van der Waals surface area contributed by atoms with Gasteiger partial charge in [-0.15, -0.1) is 0 Å². The van der Waals surface area contributed by atoms with E-state index in [1.807, 2.05) is 6.07 Å². The van der Waals surface area contributed by atoms with Crippen molar-refractivity contribution in [2.75, 3.05) is 30.4 Å². The summed E-state index contributed by atoms with van der Waals surface area (Å²) in [6.45, 7) is 7.91. The molecule has 0 unspecified atom stereocenters. The van der Waals surface area contributed by atoms with Gasteiger partial charge in [0.2, 0.25) is 0 Å². The number of piperidine rings is 1. The third-order valence-electron chi connectivity index (χ3n) is 3.87. The Bertz CT molecular complexity index is 428. The topological polar surface area (TPSA) is 79.1 Å². The minimum Gasteiger partial charge on any atom is -0.367 e. The van der Waals surface area contributed by atoms with Crippen LogP contribution in [-0.4, -0.2) is 40.5 Å². The van der Waals surface area contributed by atoms with E-state index in [9.17, 15) is 0 Å². The Morgan fingerprint density at radius 3 is 2.52 bits per heavy atom. The van der Waals surface area contributed by atoms with E-state index in [0.29, 0.717) is 11.9 Å². The molecule has 0 spiro atoms. The Balaban J connectivity index is 1.94. The van der Waals surface area contributed by atoms with Crippen LogP contribution in [0.25, 0.3) is 0 Å². The number of hydrogen-bond acceptors (Lipinski definition) is 6. The van der Waals surface area contributed by atoms with Crippen LogP contribution in [0.2, 0.25) is 0 Å². The molecule has 118 valence electrons. The first-order chi connectivity index (χ1) is 10.2. The molecule has 0 aliphatic carbocycles. The minimum absolute atomic E-state index is 0.494. The third-order valence-corrected chi connectivity index (χ3v) is 3.87. The first-order valence-electron chi connectivity index (χ1n) is 8.08. The molecule has 1 aliphatic heterocycles. The first-order valence-corrected chi connectivity index (χ1v) is 8.08. The van der Waals surface area contributed by atoms with Gasteiger partial charge in [0.1, 0.15) is 17.5 Å². The number of aromatic nitrogens is 2. The molecule has 6 nitrogen and oxygen atoms in total. The van der Waals surface area contributed by atoms with E-state index in [-0.39, 0.29) is 0 Å². The van der Waals surface area contributed by atoms with Gasteiger partial charge in [-0.2, -0.15) is 0 Å². The number of nitrogens with zero attached hydrogens (tertiary/aromatic N) is 3. The summed E-state index contributed by atoms with van der Waals surface area (Å²) in [5.41, 5.74) is 2.63. The van der Waals surface area contributed by atoms with Crippen LogP contribution in [0.5, 0.6) is 0 Å². The Morgan fingerprint density at radius 1 is 1.19 bits per heavy atom. The first kappa shape index (κ1) is 16.0. The van der Waals surface area contributed by atoms with Gasteiger partial charge in [-0.05, 0) is 32.2 Å². The summed E-state index contributed by atoms with van der Waals surface area (Å²) < 4.78 is 0. The SMILES string of the molecule is CCCc1nc(NN)cc(NC2CCN(CCC)CC2)n1. The van der Waals surface area contributed by atoms with Crippen molar-refractivity contribution in [3.63, 3.8) is 0 Å². The third kappa shape index (κ3) is 4.82. The number of likely N-dealkylation sites (tertiary alicyclic amines) is 1. The molecule has 1 aliphatic rings. The fourth-order valence-electron chi connectivity index (χ4n) is 2.81. The summed E-state index contributed by atoms with van der Waals surface area (Å²) in [5.74, 6) is 7.90. The van der Waals surface area contributed by atoms with Gasteiger partial charge in [-0.3, -0.25) is 0 Å². The zero-order chi connectivity index (χ0) is 15.1. The zero-order valence-electron chi connectivity index (χ0n) is 13.2. The van der Waals surface area contributed by atoms with Crippen molar-refractivity contribution in [1.29, 1.82) is 0 Å². The molecule has 21 heavy (non-hydrogen) atoms. The van der Waals surface area contributed by atoms with Crippen LogP contribution in [0.4, 0.5) is 11.6 Å². The highest BCUT2D eigenvalue weighted by Gasteiger charge is 2.19. The van der Waals surface area contributed by atoms with E-state index in [4.69, 9.17) is 5.84 Å². The van der Waals surface area contributed by atoms with E-state index in [2.05, 4.69) is 39.5 Å². The van der Waals surface area contributed by atoms with Gasteiger partial charge in [0.15, 0.2) is 0 Å². The smallest absolute Gasteiger partial charge is 0.145 e. The van der Waals surface area contributed by atoms with Crippen molar-refractivity contribution in [2.45, 2.75) is 52.0 Å². The molecule has 6 heteroatoms. The number of hydrazine groups is 1. The predicted octanol–water partition coefficient (Wildman–Crippen LogP) is 2.00. The summed E-state index contributed by atoms with van der Waals surface area (Å²) in [4.78, 5) is 11.5. The minimum atomic E-state index is 0.494. The Labute approximate surface area is 127 Å². The maximum Gasteiger partial charge on any atom is 0.145 e. The number of hydrogen-bond donors (Lipinski definition) is 3. The number of rotatable bonds is 7. The summed E-state index contributed by atoms with van der Waals surface area (Å²) in [6.07, 6.45) is 5.47. The van der Waals surface area contributed by atoms with Gasteiger partial charge >= 0.3 is 0 Å². The highest BCUT2D eigenvalue weighted by molar-refractivity contribution is 5.47. The molecule has 4 N–H and O–H groups in total. The predicted molar refractivity (Wildman–Crippen MR) is 87.2 cm³/mol. The molecule has 0 radical (unpaired) electrons. The molecular weight excluding hydrogens is 264 g/mol. The maximum absolute atomic E-state index is 5.49. The average molecular weight is 292 g/mol. The summed E-state index contributed by atoms with van der Waals surface area (Å²) >= 11 is 0. The molecule has 0 bridgehead atoms. The van der Waals surface area contributed by atoms with Gasteiger partial charge in [-0.25, -0.2) is 15.8 Å². The number of nitrogen functional groups attached to an aromatic ring is 1. The quantitative estimate of drug-likeness (QED) is 0.527. The summed E-state index contributed by atoms with van der Waals surface area (Å²) in [6, 6.07) is 2.38. The summed E-state index contributed by atoms with van der Waals surface area (Å²) in [5, 5.41) is 3.54. The summed E-state index contributed by atoms with van der Waals surface area (Å²) in [7, 11) is 0. The molecule has 1 aromatic rings. The maximum atomic E-state index is 5.49. The molecule has 1 saturated heterocycles. The monoisotopic (exact) mass is 292 g/mol. The van der Waals surface area contributed by atoms with E-state index in [0.717, 1.165) is 24.5 Å².